The summed E-state index contributed by atoms with van der Waals surface area (Å²) in [5.41, 5.74) is 2.13. The first-order valence-electron chi connectivity index (χ1n) is 6.70. The molecule has 1 aliphatic rings. The standard InChI is InChI=1S/C14H22N2O2S/c1-11-6-7-14(9-12(11)2)19(17,18)16-8-4-5-13(10-16)15-3/h6-7,9,13,15H,4-5,8,10H2,1-3H3/t13-/m1/s1. The van der Waals surface area contributed by atoms with Gasteiger partial charge in [-0.2, -0.15) is 4.31 Å². The van der Waals surface area contributed by atoms with Gasteiger partial charge < -0.3 is 5.32 Å². The average Bonchev–Trinajstić information content (AvgIpc) is 2.41. The third-order valence-electron chi connectivity index (χ3n) is 3.91. The Bertz CT molecular complexity index is 555. The van der Waals surface area contributed by atoms with Crippen molar-refractivity contribution in [1.29, 1.82) is 0 Å². The molecular formula is C14H22N2O2S. The number of rotatable bonds is 3. The van der Waals surface area contributed by atoms with Crippen LogP contribution < -0.4 is 5.32 Å². The van der Waals surface area contributed by atoms with E-state index in [1.54, 1.807) is 16.4 Å². The summed E-state index contributed by atoms with van der Waals surface area (Å²) in [6.07, 6.45) is 1.95. The van der Waals surface area contributed by atoms with E-state index in [1.807, 2.05) is 27.0 Å². The molecule has 1 heterocycles. The molecule has 0 radical (unpaired) electrons. The van der Waals surface area contributed by atoms with Gasteiger partial charge in [-0.15, -0.1) is 0 Å². The minimum absolute atomic E-state index is 0.259. The van der Waals surface area contributed by atoms with Gasteiger partial charge in [-0.3, -0.25) is 0 Å². The largest absolute Gasteiger partial charge is 0.316 e. The molecule has 5 heteroatoms. The van der Waals surface area contributed by atoms with Gasteiger partial charge in [0.05, 0.1) is 4.90 Å². The Morgan fingerprint density at radius 2 is 2.00 bits per heavy atom. The second kappa shape index (κ2) is 5.61. The lowest BCUT2D eigenvalue weighted by Gasteiger charge is -2.31. The molecule has 0 saturated carbocycles. The van der Waals surface area contributed by atoms with Gasteiger partial charge in [-0.25, -0.2) is 8.42 Å². The van der Waals surface area contributed by atoms with Crippen molar-refractivity contribution in [3.05, 3.63) is 29.3 Å². The zero-order valence-electron chi connectivity index (χ0n) is 11.8. The summed E-state index contributed by atoms with van der Waals surface area (Å²) in [5, 5.41) is 3.17. The Balaban J connectivity index is 2.28. The molecule has 0 aliphatic carbocycles. The van der Waals surface area contributed by atoms with E-state index in [2.05, 4.69) is 5.32 Å². The molecule has 0 bridgehead atoms. The third-order valence-corrected chi connectivity index (χ3v) is 5.77. The summed E-state index contributed by atoms with van der Waals surface area (Å²) in [4.78, 5) is 0.410. The van der Waals surface area contributed by atoms with Crippen LogP contribution in [0.5, 0.6) is 0 Å². The van der Waals surface area contributed by atoms with Crippen LogP contribution in [0.3, 0.4) is 0 Å². The highest BCUT2D eigenvalue weighted by atomic mass is 32.2. The number of hydrogen-bond acceptors (Lipinski definition) is 3. The molecule has 1 aromatic rings. The molecule has 1 aromatic carbocycles. The summed E-state index contributed by atoms with van der Waals surface area (Å²) >= 11 is 0. The minimum Gasteiger partial charge on any atom is -0.316 e. The van der Waals surface area contributed by atoms with Crippen molar-refractivity contribution in [2.24, 2.45) is 0 Å². The van der Waals surface area contributed by atoms with Crippen LogP contribution in [0.15, 0.2) is 23.1 Å². The maximum absolute atomic E-state index is 12.6. The summed E-state index contributed by atoms with van der Waals surface area (Å²) < 4.78 is 26.8. The van der Waals surface area contributed by atoms with Crippen molar-refractivity contribution >= 4 is 10.0 Å². The lowest BCUT2D eigenvalue weighted by Crippen LogP contribution is -2.46. The van der Waals surface area contributed by atoms with Gasteiger partial charge in [0.25, 0.3) is 0 Å². The van der Waals surface area contributed by atoms with Crippen LogP contribution in [0.4, 0.5) is 0 Å². The summed E-state index contributed by atoms with van der Waals surface area (Å²) in [7, 11) is -1.47. The summed E-state index contributed by atoms with van der Waals surface area (Å²) in [5.74, 6) is 0. The van der Waals surface area contributed by atoms with Crippen LogP contribution in [0, 0.1) is 13.8 Å². The summed E-state index contributed by atoms with van der Waals surface area (Å²) in [6, 6.07) is 5.62. The van der Waals surface area contributed by atoms with Crippen molar-refractivity contribution in [1.82, 2.24) is 9.62 Å². The molecule has 1 fully saturated rings. The van der Waals surface area contributed by atoms with E-state index in [1.165, 1.54) is 0 Å². The zero-order valence-corrected chi connectivity index (χ0v) is 12.6. The van der Waals surface area contributed by atoms with Crippen LogP contribution in [-0.2, 0) is 10.0 Å². The zero-order chi connectivity index (χ0) is 14.0. The predicted octanol–water partition coefficient (Wildman–Crippen LogP) is 1.68. The van der Waals surface area contributed by atoms with Gasteiger partial charge in [-0.1, -0.05) is 6.07 Å². The van der Waals surface area contributed by atoms with E-state index in [0.29, 0.717) is 18.0 Å². The van der Waals surface area contributed by atoms with E-state index in [0.717, 1.165) is 24.0 Å². The Morgan fingerprint density at radius 3 is 2.63 bits per heavy atom. The first-order chi connectivity index (χ1) is 8.95. The fraction of sp³-hybridized carbons (Fsp3) is 0.571. The first-order valence-corrected chi connectivity index (χ1v) is 8.14. The molecule has 0 amide bonds. The molecule has 1 aliphatic heterocycles. The highest BCUT2D eigenvalue weighted by Crippen LogP contribution is 2.22. The van der Waals surface area contributed by atoms with Crippen molar-refractivity contribution in [3.63, 3.8) is 0 Å². The molecule has 0 aromatic heterocycles. The monoisotopic (exact) mass is 282 g/mol. The fourth-order valence-corrected chi connectivity index (χ4v) is 4.03. The molecule has 4 nitrogen and oxygen atoms in total. The van der Waals surface area contributed by atoms with E-state index in [4.69, 9.17) is 0 Å². The Morgan fingerprint density at radius 1 is 1.26 bits per heavy atom. The lowest BCUT2D eigenvalue weighted by molar-refractivity contribution is 0.293. The fourth-order valence-electron chi connectivity index (χ4n) is 2.42. The second-order valence-corrected chi connectivity index (χ2v) is 7.17. The molecular weight excluding hydrogens is 260 g/mol. The normalized spacial score (nSPS) is 21.5. The Labute approximate surface area is 115 Å². The highest BCUT2D eigenvalue weighted by molar-refractivity contribution is 7.89. The summed E-state index contributed by atoms with van der Waals surface area (Å²) in [6.45, 7) is 5.11. The Kier molecular flexibility index (Phi) is 4.28. The van der Waals surface area contributed by atoms with Crippen LogP contribution >= 0.6 is 0 Å². The van der Waals surface area contributed by atoms with E-state index in [-0.39, 0.29) is 6.04 Å². The Hall–Kier alpha value is -0.910. The number of likely N-dealkylation sites (N-methyl/N-ethyl adjacent to an activating group) is 1. The number of aryl methyl sites for hydroxylation is 2. The van der Waals surface area contributed by atoms with Gasteiger partial charge in [0.2, 0.25) is 10.0 Å². The third kappa shape index (κ3) is 2.99. The van der Waals surface area contributed by atoms with Crippen LogP contribution in [0.1, 0.15) is 24.0 Å². The van der Waals surface area contributed by atoms with Crippen molar-refractivity contribution < 1.29 is 8.42 Å². The number of piperidine rings is 1. The lowest BCUT2D eigenvalue weighted by atomic mass is 10.1. The number of sulfonamides is 1. The van der Waals surface area contributed by atoms with Gasteiger partial charge >= 0.3 is 0 Å². The molecule has 2 rings (SSSR count). The number of benzene rings is 1. The van der Waals surface area contributed by atoms with Gasteiger partial charge in [0, 0.05) is 19.1 Å². The first kappa shape index (κ1) is 14.5. The molecule has 1 saturated heterocycles. The number of nitrogens with one attached hydrogen (secondary N) is 1. The second-order valence-electron chi connectivity index (χ2n) is 5.24. The van der Waals surface area contributed by atoms with Gasteiger partial charge in [0.1, 0.15) is 0 Å². The van der Waals surface area contributed by atoms with Crippen molar-refractivity contribution in [3.8, 4) is 0 Å². The smallest absolute Gasteiger partial charge is 0.243 e. The molecule has 0 spiro atoms. The predicted molar refractivity (Wildman–Crippen MR) is 76.8 cm³/mol. The minimum atomic E-state index is -3.35. The SMILES string of the molecule is CN[C@@H]1CCCN(S(=O)(=O)c2ccc(C)c(C)c2)C1. The molecule has 1 N–H and O–H groups in total. The molecule has 19 heavy (non-hydrogen) atoms. The quantitative estimate of drug-likeness (QED) is 0.917. The maximum atomic E-state index is 12.6. The van der Waals surface area contributed by atoms with Gasteiger partial charge in [-0.05, 0) is 57.0 Å². The highest BCUT2D eigenvalue weighted by Gasteiger charge is 2.29. The molecule has 106 valence electrons. The molecule has 1 atom stereocenters. The van der Waals surface area contributed by atoms with Gasteiger partial charge in [0.15, 0.2) is 0 Å². The van der Waals surface area contributed by atoms with E-state index in [9.17, 15) is 8.42 Å². The molecule has 0 unspecified atom stereocenters. The van der Waals surface area contributed by atoms with E-state index >= 15 is 0 Å². The number of nitrogens with zero attached hydrogens (tertiary/aromatic N) is 1. The average molecular weight is 282 g/mol. The van der Waals surface area contributed by atoms with Crippen LogP contribution in [0.25, 0.3) is 0 Å². The van der Waals surface area contributed by atoms with E-state index < -0.39 is 10.0 Å². The maximum Gasteiger partial charge on any atom is 0.243 e. The van der Waals surface area contributed by atoms with Crippen molar-refractivity contribution in [2.75, 3.05) is 20.1 Å². The van der Waals surface area contributed by atoms with Crippen molar-refractivity contribution in [2.45, 2.75) is 37.6 Å². The number of hydrogen-bond donors (Lipinski definition) is 1. The van der Waals surface area contributed by atoms with Crippen LogP contribution in [-0.4, -0.2) is 38.9 Å². The topological polar surface area (TPSA) is 49.4 Å². The van der Waals surface area contributed by atoms with Crippen LogP contribution in [0.2, 0.25) is 0 Å².